The van der Waals surface area contributed by atoms with Gasteiger partial charge in [-0.2, -0.15) is 0 Å². The fraction of sp³-hybridized carbons (Fsp3) is 0.200. The topological polar surface area (TPSA) is 0 Å². The molecule has 1 atom stereocenters. The molecule has 1 aliphatic heterocycles. The van der Waals surface area contributed by atoms with Gasteiger partial charge in [-0.1, -0.05) is 6.08 Å². The van der Waals surface area contributed by atoms with Gasteiger partial charge in [-0.3, -0.25) is 0 Å². The Labute approximate surface area is 80.0 Å². The highest BCUT2D eigenvalue weighted by Gasteiger charge is 2.26. The molecule has 2 heteroatoms. The van der Waals surface area contributed by atoms with E-state index in [-0.39, 0.29) is 0 Å². The molecule has 0 nitrogen and oxygen atoms in total. The molecule has 1 unspecified atom stereocenters. The summed E-state index contributed by atoms with van der Waals surface area (Å²) in [5.41, 5.74) is 2.93. The smallest absolute Gasteiger partial charge is 0.0360 e. The van der Waals surface area contributed by atoms with Crippen molar-refractivity contribution in [3.8, 4) is 0 Å². The third-order valence-electron chi connectivity index (χ3n) is 2.23. The quantitative estimate of drug-likeness (QED) is 0.605. The molecule has 0 saturated carbocycles. The minimum atomic E-state index is 0.666. The van der Waals surface area contributed by atoms with Crippen molar-refractivity contribution in [1.82, 2.24) is 0 Å². The van der Waals surface area contributed by atoms with Gasteiger partial charge in [-0.15, -0.1) is 23.1 Å². The molecule has 0 amide bonds. The summed E-state index contributed by atoms with van der Waals surface area (Å²) in [5.74, 6) is 0. The molecule has 2 heterocycles. The van der Waals surface area contributed by atoms with Crippen LogP contribution in [0, 0.1) is 0 Å². The Morgan fingerprint density at radius 3 is 3.25 bits per heavy atom. The predicted molar refractivity (Wildman–Crippen MR) is 57.3 cm³/mol. The van der Waals surface area contributed by atoms with Crippen molar-refractivity contribution < 1.29 is 0 Å². The van der Waals surface area contributed by atoms with Crippen molar-refractivity contribution in [2.24, 2.45) is 0 Å². The van der Waals surface area contributed by atoms with Gasteiger partial charge < -0.3 is 0 Å². The van der Waals surface area contributed by atoms with E-state index in [2.05, 4.69) is 30.5 Å². The van der Waals surface area contributed by atoms with Gasteiger partial charge >= 0.3 is 0 Å². The zero-order valence-corrected chi connectivity index (χ0v) is 8.34. The van der Waals surface area contributed by atoms with Crippen LogP contribution in [0.2, 0.25) is 0 Å². The average Bonchev–Trinajstić information content (AvgIpc) is 2.59. The van der Waals surface area contributed by atoms with Gasteiger partial charge in [0.2, 0.25) is 0 Å². The maximum absolute atomic E-state index is 2.37. The molecule has 1 aromatic rings. The molecule has 0 spiro atoms. The summed E-state index contributed by atoms with van der Waals surface area (Å²) < 4.78 is 0. The predicted octanol–water partition coefficient (Wildman–Crippen LogP) is 3.62. The second-order valence-electron chi connectivity index (χ2n) is 3.11. The lowest BCUT2D eigenvalue weighted by atomic mass is 10.1. The summed E-state index contributed by atoms with van der Waals surface area (Å²) in [6.45, 7) is 2.25. The highest BCUT2D eigenvalue weighted by Crippen LogP contribution is 2.49. The molecule has 2 aliphatic rings. The fourth-order valence-electron chi connectivity index (χ4n) is 1.72. The summed E-state index contributed by atoms with van der Waals surface area (Å²) in [6.07, 6.45) is 4.69. The number of thioether (sulfide) groups is 1. The van der Waals surface area contributed by atoms with E-state index >= 15 is 0 Å². The van der Waals surface area contributed by atoms with Crippen LogP contribution in [-0.4, -0.2) is 5.25 Å². The highest BCUT2D eigenvalue weighted by molar-refractivity contribution is 8.05. The van der Waals surface area contributed by atoms with Gasteiger partial charge in [0.1, 0.15) is 0 Å². The number of rotatable bonds is 0. The molecular formula is C10H8S2. The van der Waals surface area contributed by atoms with E-state index in [1.54, 1.807) is 0 Å². The molecule has 1 aromatic heterocycles. The van der Waals surface area contributed by atoms with Gasteiger partial charge in [0.05, 0.1) is 0 Å². The molecule has 12 heavy (non-hydrogen) atoms. The first-order chi connectivity index (χ1) is 5.84. The monoisotopic (exact) mass is 192 g/mol. The normalized spacial score (nSPS) is 24.9. The molecule has 60 valence electrons. The molecular weight excluding hydrogens is 184 g/mol. The van der Waals surface area contributed by atoms with Crippen molar-refractivity contribution in [3.05, 3.63) is 32.9 Å². The summed E-state index contributed by atoms with van der Waals surface area (Å²) >= 11 is 3.81. The maximum atomic E-state index is 2.37. The summed E-state index contributed by atoms with van der Waals surface area (Å²) in [6, 6.07) is 2.23. The van der Waals surface area contributed by atoms with E-state index in [0.29, 0.717) is 5.25 Å². The summed E-state index contributed by atoms with van der Waals surface area (Å²) in [7, 11) is 0. The number of fused-ring (bicyclic) bond motifs is 3. The number of hydrogen-bond acceptors (Lipinski definition) is 2. The van der Waals surface area contributed by atoms with Crippen LogP contribution >= 0.6 is 23.1 Å². The minimum absolute atomic E-state index is 0.666. The van der Waals surface area contributed by atoms with E-state index < -0.39 is 0 Å². The van der Waals surface area contributed by atoms with Crippen LogP contribution in [0.3, 0.4) is 0 Å². The standard InChI is InChI=1S/C10H8S2/c1-6-4-8-7-2-3-11-9(7)5-10(8)12-6/h2-6H,1H3. The van der Waals surface area contributed by atoms with Gasteiger partial charge in [-0.25, -0.2) is 0 Å². The highest BCUT2D eigenvalue weighted by atomic mass is 32.2. The van der Waals surface area contributed by atoms with E-state index in [4.69, 9.17) is 0 Å². The zero-order valence-electron chi connectivity index (χ0n) is 6.70. The van der Waals surface area contributed by atoms with Crippen LogP contribution < -0.4 is 0 Å². The fourth-order valence-corrected chi connectivity index (χ4v) is 3.73. The van der Waals surface area contributed by atoms with Crippen LogP contribution in [-0.2, 0) is 0 Å². The Hall–Kier alpha value is -0.470. The molecule has 0 bridgehead atoms. The molecule has 0 fully saturated rings. The first-order valence-corrected chi connectivity index (χ1v) is 5.79. The molecule has 3 rings (SSSR count). The molecule has 0 N–H and O–H groups in total. The lowest BCUT2D eigenvalue weighted by Gasteiger charge is -1.94. The third-order valence-corrected chi connectivity index (χ3v) is 4.19. The second-order valence-corrected chi connectivity index (χ2v) is 5.48. The Morgan fingerprint density at radius 2 is 2.33 bits per heavy atom. The Balaban J connectivity index is 2.23. The van der Waals surface area contributed by atoms with Crippen molar-refractivity contribution in [1.29, 1.82) is 0 Å². The maximum Gasteiger partial charge on any atom is 0.0360 e. The van der Waals surface area contributed by atoms with Gasteiger partial charge in [0.25, 0.3) is 0 Å². The Morgan fingerprint density at radius 1 is 1.42 bits per heavy atom. The first-order valence-electron chi connectivity index (χ1n) is 4.03. The lowest BCUT2D eigenvalue weighted by molar-refractivity contribution is 1.27. The summed E-state index contributed by atoms with van der Waals surface area (Å²) in [4.78, 5) is 2.92. The minimum Gasteiger partial charge on any atom is -0.144 e. The van der Waals surface area contributed by atoms with Crippen LogP contribution in [0.4, 0.5) is 0 Å². The number of hydrogen-bond donors (Lipinski definition) is 0. The number of allylic oxidation sites excluding steroid dienone is 1. The van der Waals surface area contributed by atoms with Crippen molar-refractivity contribution in [2.75, 3.05) is 0 Å². The van der Waals surface area contributed by atoms with E-state index in [9.17, 15) is 0 Å². The van der Waals surface area contributed by atoms with Crippen LogP contribution in [0.25, 0.3) is 11.6 Å². The van der Waals surface area contributed by atoms with Gasteiger partial charge in [0, 0.05) is 20.6 Å². The molecule has 0 saturated heterocycles. The lowest BCUT2D eigenvalue weighted by Crippen LogP contribution is -1.80. The van der Waals surface area contributed by atoms with Crippen molar-refractivity contribution in [2.45, 2.75) is 12.2 Å². The van der Waals surface area contributed by atoms with Crippen LogP contribution in [0.5, 0.6) is 0 Å². The van der Waals surface area contributed by atoms with E-state index in [0.717, 1.165) is 0 Å². The Bertz CT molecular complexity index is 396. The summed E-state index contributed by atoms with van der Waals surface area (Å²) in [5, 5.41) is 2.84. The van der Waals surface area contributed by atoms with Crippen molar-refractivity contribution >= 4 is 34.7 Å². The average molecular weight is 192 g/mol. The van der Waals surface area contributed by atoms with Gasteiger partial charge in [-0.05, 0) is 30.0 Å². The molecule has 1 aliphatic carbocycles. The molecule has 0 radical (unpaired) electrons. The first kappa shape index (κ1) is 6.98. The zero-order chi connectivity index (χ0) is 8.13. The van der Waals surface area contributed by atoms with Crippen LogP contribution in [0.1, 0.15) is 17.4 Å². The number of thiophene rings is 1. The van der Waals surface area contributed by atoms with E-state index in [1.807, 2.05) is 23.1 Å². The van der Waals surface area contributed by atoms with Gasteiger partial charge in [0.15, 0.2) is 0 Å². The van der Waals surface area contributed by atoms with E-state index in [1.165, 1.54) is 20.9 Å². The van der Waals surface area contributed by atoms with Crippen LogP contribution in [0.15, 0.2) is 22.4 Å². The SMILES string of the molecule is CC1C=C2C(=Cc3sccc32)S1. The molecule has 0 aromatic carbocycles. The largest absolute Gasteiger partial charge is 0.144 e. The Kier molecular flexibility index (Phi) is 1.32. The van der Waals surface area contributed by atoms with Crippen molar-refractivity contribution in [3.63, 3.8) is 0 Å². The second kappa shape index (κ2) is 2.27. The third kappa shape index (κ3) is 0.795.